The smallest absolute Gasteiger partial charge is 0.321 e. The first-order chi connectivity index (χ1) is 11.3. The van der Waals surface area contributed by atoms with Gasteiger partial charge in [0.15, 0.2) is 5.82 Å². The van der Waals surface area contributed by atoms with Crippen LogP contribution in [0.25, 0.3) is 11.4 Å². The van der Waals surface area contributed by atoms with Crippen molar-refractivity contribution in [2.45, 2.75) is 37.1 Å². The molecule has 0 radical (unpaired) electrons. The highest BCUT2D eigenvalue weighted by Gasteiger charge is 2.25. The highest BCUT2D eigenvalue weighted by Crippen LogP contribution is 2.20. The van der Waals surface area contributed by atoms with Gasteiger partial charge in [-0.1, -0.05) is 31.9 Å². The minimum atomic E-state index is -3.97. The minimum absolute atomic E-state index is 0.0363. The molecule has 0 aliphatic heterocycles. The van der Waals surface area contributed by atoms with E-state index in [1.807, 2.05) is 6.92 Å². The zero-order valence-corrected chi connectivity index (χ0v) is 14.2. The lowest BCUT2D eigenvalue weighted by Crippen LogP contribution is -2.40. The molecule has 0 aliphatic rings. The number of unbranched alkanes of at least 4 members (excludes halogenated alkanes) is 1. The Hall–Kier alpha value is -2.33. The lowest BCUT2D eigenvalue weighted by Gasteiger charge is -2.14. The van der Waals surface area contributed by atoms with Gasteiger partial charge in [-0.25, -0.2) is 13.1 Å². The van der Waals surface area contributed by atoms with Crippen LogP contribution in [0.1, 0.15) is 26.2 Å². The van der Waals surface area contributed by atoms with E-state index in [9.17, 15) is 18.3 Å². The SMILES string of the molecule is CCCC[C@H](NS(=O)(=O)c1cccc(-c2nnnn2C)c1)C(=O)O. The van der Waals surface area contributed by atoms with E-state index >= 15 is 0 Å². The number of aryl methyl sites for hydroxylation is 1. The van der Waals surface area contributed by atoms with Gasteiger partial charge in [0.2, 0.25) is 10.0 Å². The third kappa shape index (κ3) is 4.15. The summed E-state index contributed by atoms with van der Waals surface area (Å²) < 4.78 is 28.6. The molecule has 1 aromatic heterocycles. The first-order valence-corrected chi connectivity index (χ1v) is 8.91. The maximum absolute atomic E-state index is 12.5. The van der Waals surface area contributed by atoms with Gasteiger partial charge in [0, 0.05) is 12.6 Å². The van der Waals surface area contributed by atoms with Crippen molar-refractivity contribution < 1.29 is 18.3 Å². The molecule has 2 rings (SSSR count). The summed E-state index contributed by atoms with van der Waals surface area (Å²) in [5, 5.41) is 20.2. The summed E-state index contributed by atoms with van der Waals surface area (Å²) in [7, 11) is -2.33. The fourth-order valence-corrected chi connectivity index (χ4v) is 3.44. The number of nitrogens with zero attached hydrogens (tertiary/aromatic N) is 4. The Morgan fingerprint density at radius 1 is 1.42 bits per heavy atom. The summed E-state index contributed by atoms with van der Waals surface area (Å²) >= 11 is 0. The standard InChI is InChI=1S/C14H19N5O4S/c1-3-4-8-12(14(20)21)16-24(22,23)11-7-5-6-10(9-11)13-15-17-18-19(13)2/h5-7,9,12,16H,3-4,8H2,1-2H3,(H,20,21)/t12-/m0/s1. The number of carbonyl (C=O) groups is 1. The molecule has 1 atom stereocenters. The molecule has 0 saturated heterocycles. The van der Waals surface area contributed by atoms with Crippen LogP contribution in [-0.4, -0.2) is 45.7 Å². The maximum atomic E-state index is 12.5. The van der Waals surface area contributed by atoms with E-state index in [0.29, 0.717) is 17.8 Å². The number of hydrogen-bond donors (Lipinski definition) is 2. The van der Waals surface area contributed by atoms with Crippen LogP contribution in [0.15, 0.2) is 29.2 Å². The predicted octanol–water partition coefficient (Wildman–Crippen LogP) is 0.799. The van der Waals surface area contributed by atoms with Crippen LogP contribution < -0.4 is 4.72 Å². The van der Waals surface area contributed by atoms with E-state index in [1.165, 1.54) is 16.8 Å². The van der Waals surface area contributed by atoms with Gasteiger partial charge in [-0.3, -0.25) is 4.79 Å². The largest absolute Gasteiger partial charge is 0.480 e. The van der Waals surface area contributed by atoms with Crippen LogP contribution in [0.2, 0.25) is 0 Å². The van der Waals surface area contributed by atoms with E-state index in [1.54, 1.807) is 19.2 Å². The zero-order chi connectivity index (χ0) is 17.7. The second kappa shape index (κ2) is 7.49. The number of nitrogens with one attached hydrogen (secondary N) is 1. The third-order valence-electron chi connectivity index (χ3n) is 3.46. The molecule has 2 aromatic rings. The number of rotatable bonds is 8. The lowest BCUT2D eigenvalue weighted by molar-refractivity contribution is -0.139. The molecular weight excluding hydrogens is 334 g/mol. The van der Waals surface area contributed by atoms with Gasteiger partial charge in [0.1, 0.15) is 6.04 Å². The van der Waals surface area contributed by atoms with Crippen LogP contribution in [0, 0.1) is 0 Å². The normalized spacial score (nSPS) is 12.9. The fourth-order valence-electron chi connectivity index (χ4n) is 2.17. The molecule has 0 fully saturated rings. The van der Waals surface area contributed by atoms with Crippen LogP contribution in [0.3, 0.4) is 0 Å². The number of carboxylic acids is 1. The van der Waals surface area contributed by atoms with Gasteiger partial charge in [-0.15, -0.1) is 5.10 Å². The van der Waals surface area contributed by atoms with E-state index in [4.69, 9.17) is 0 Å². The molecule has 0 spiro atoms. The second-order valence-electron chi connectivity index (χ2n) is 5.31. The van der Waals surface area contributed by atoms with Gasteiger partial charge in [-0.05, 0) is 29.0 Å². The highest BCUT2D eigenvalue weighted by molar-refractivity contribution is 7.89. The third-order valence-corrected chi connectivity index (χ3v) is 4.93. The average molecular weight is 353 g/mol. The molecule has 2 N–H and O–H groups in total. The first kappa shape index (κ1) is 18.0. The number of sulfonamides is 1. The molecule has 130 valence electrons. The molecule has 0 aliphatic carbocycles. The molecule has 0 saturated carbocycles. The molecule has 9 nitrogen and oxygen atoms in total. The van der Waals surface area contributed by atoms with Crippen LogP contribution in [0.5, 0.6) is 0 Å². The molecule has 0 amide bonds. The first-order valence-electron chi connectivity index (χ1n) is 7.43. The van der Waals surface area contributed by atoms with Crippen molar-refractivity contribution in [3.63, 3.8) is 0 Å². The van der Waals surface area contributed by atoms with E-state index in [-0.39, 0.29) is 11.3 Å². The van der Waals surface area contributed by atoms with Crippen molar-refractivity contribution in [1.82, 2.24) is 24.9 Å². The van der Waals surface area contributed by atoms with E-state index in [2.05, 4.69) is 20.2 Å². The Morgan fingerprint density at radius 2 is 2.17 bits per heavy atom. The van der Waals surface area contributed by atoms with E-state index < -0.39 is 22.0 Å². The van der Waals surface area contributed by atoms with Gasteiger partial charge >= 0.3 is 5.97 Å². The molecule has 1 heterocycles. The number of tetrazole rings is 1. The minimum Gasteiger partial charge on any atom is -0.480 e. The Bertz CT molecular complexity index is 818. The van der Waals surface area contributed by atoms with Crippen molar-refractivity contribution in [3.8, 4) is 11.4 Å². The molecule has 0 bridgehead atoms. The van der Waals surface area contributed by atoms with Crippen molar-refractivity contribution in [2.75, 3.05) is 0 Å². The van der Waals surface area contributed by atoms with Crippen molar-refractivity contribution in [3.05, 3.63) is 24.3 Å². The summed E-state index contributed by atoms with van der Waals surface area (Å²) in [6.07, 6.45) is 1.63. The van der Waals surface area contributed by atoms with E-state index in [0.717, 1.165) is 6.42 Å². The topological polar surface area (TPSA) is 127 Å². The highest BCUT2D eigenvalue weighted by atomic mass is 32.2. The van der Waals surface area contributed by atoms with Crippen molar-refractivity contribution in [1.29, 1.82) is 0 Å². The van der Waals surface area contributed by atoms with Crippen molar-refractivity contribution >= 4 is 16.0 Å². The number of hydrogen-bond acceptors (Lipinski definition) is 6. The Morgan fingerprint density at radius 3 is 2.75 bits per heavy atom. The van der Waals surface area contributed by atoms with Crippen LogP contribution >= 0.6 is 0 Å². The fraction of sp³-hybridized carbons (Fsp3) is 0.429. The van der Waals surface area contributed by atoms with Gasteiger partial charge in [-0.2, -0.15) is 4.72 Å². The lowest BCUT2D eigenvalue weighted by atomic mass is 10.1. The number of benzene rings is 1. The summed E-state index contributed by atoms with van der Waals surface area (Å²) in [5.74, 6) is -0.784. The van der Waals surface area contributed by atoms with Crippen LogP contribution in [-0.2, 0) is 21.9 Å². The quantitative estimate of drug-likeness (QED) is 0.718. The summed E-state index contributed by atoms with van der Waals surface area (Å²) in [6, 6.07) is 4.88. The summed E-state index contributed by atoms with van der Waals surface area (Å²) in [5.41, 5.74) is 0.519. The predicted molar refractivity (Wildman–Crippen MR) is 85.5 cm³/mol. The second-order valence-corrected chi connectivity index (χ2v) is 7.02. The molecule has 10 heteroatoms. The van der Waals surface area contributed by atoms with Gasteiger partial charge < -0.3 is 5.11 Å². The summed E-state index contributed by atoms with van der Waals surface area (Å²) in [4.78, 5) is 11.2. The Labute approximate surface area is 139 Å². The monoisotopic (exact) mass is 353 g/mol. The maximum Gasteiger partial charge on any atom is 0.321 e. The zero-order valence-electron chi connectivity index (χ0n) is 13.4. The number of carboxylic acid groups (broad SMARTS) is 1. The average Bonchev–Trinajstić information content (AvgIpc) is 2.97. The molecule has 0 unspecified atom stereocenters. The molecule has 1 aromatic carbocycles. The Kier molecular flexibility index (Phi) is 5.62. The summed E-state index contributed by atoms with van der Waals surface area (Å²) in [6.45, 7) is 1.91. The number of aliphatic carboxylic acids is 1. The molecular formula is C14H19N5O4S. The van der Waals surface area contributed by atoms with Crippen molar-refractivity contribution in [2.24, 2.45) is 7.05 Å². The van der Waals surface area contributed by atoms with Crippen LogP contribution in [0.4, 0.5) is 0 Å². The number of aromatic nitrogens is 4. The van der Waals surface area contributed by atoms with Gasteiger partial charge in [0.05, 0.1) is 4.90 Å². The Balaban J connectivity index is 2.29. The van der Waals surface area contributed by atoms with Gasteiger partial charge in [0.25, 0.3) is 0 Å². The molecule has 24 heavy (non-hydrogen) atoms.